The highest BCUT2D eigenvalue weighted by atomic mass is 16.5. The molecule has 4 amide bonds. The van der Waals surface area contributed by atoms with Crippen LogP contribution in [-0.2, 0) is 19.2 Å². The van der Waals surface area contributed by atoms with Crippen LogP contribution in [0.1, 0.15) is 30.9 Å². The van der Waals surface area contributed by atoms with Crippen molar-refractivity contribution in [1.82, 2.24) is 20.7 Å². The van der Waals surface area contributed by atoms with Crippen LogP contribution in [0, 0.1) is 13.8 Å². The number of hydrogen-bond donors (Lipinski definition) is 2. The number of carbonyl (C=O) groups is 4. The molecule has 1 fully saturated rings. The zero-order chi connectivity index (χ0) is 21.4. The molecular weight excluding hydrogens is 376 g/mol. The Kier molecular flexibility index (Phi) is 7.99. The lowest BCUT2D eigenvalue weighted by molar-refractivity contribution is -0.139. The molecule has 2 N–H and O–H groups in total. The molecule has 0 bridgehead atoms. The minimum atomic E-state index is -0.493. The summed E-state index contributed by atoms with van der Waals surface area (Å²) in [5, 5.41) is 0. The Morgan fingerprint density at radius 3 is 2.03 bits per heavy atom. The van der Waals surface area contributed by atoms with Gasteiger partial charge >= 0.3 is 0 Å². The third kappa shape index (κ3) is 6.78. The summed E-state index contributed by atoms with van der Waals surface area (Å²) < 4.78 is 5.51. The van der Waals surface area contributed by atoms with Gasteiger partial charge in [0.25, 0.3) is 5.91 Å². The second-order valence-electron chi connectivity index (χ2n) is 6.99. The number of piperazine rings is 1. The Bertz CT molecular complexity index is 752. The molecule has 9 nitrogen and oxygen atoms in total. The second-order valence-corrected chi connectivity index (χ2v) is 6.99. The van der Waals surface area contributed by atoms with Gasteiger partial charge in [0, 0.05) is 45.9 Å². The molecule has 9 heteroatoms. The average molecular weight is 404 g/mol. The van der Waals surface area contributed by atoms with Gasteiger partial charge in [0.05, 0.1) is 0 Å². The molecule has 1 aliphatic heterocycles. The summed E-state index contributed by atoms with van der Waals surface area (Å²) >= 11 is 0. The van der Waals surface area contributed by atoms with Crippen LogP contribution in [0.2, 0.25) is 0 Å². The topological polar surface area (TPSA) is 108 Å². The van der Waals surface area contributed by atoms with E-state index in [-0.39, 0.29) is 31.3 Å². The van der Waals surface area contributed by atoms with Crippen molar-refractivity contribution in [1.29, 1.82) is 0 Å². The van der Waals surface area contributed by atoms with Crippen LogP contribution in [-0.4, -0.2) is 66.2 Å². The van der Waals surface area contributed by atoms with E-state index in [9.17, 15) is 19.2 Å². The minimum Gasteiger partial charge on any atom is -0.483 e. The highest BCUT2D eigenvalue weighted by molar-refractivity contribution is 5.86. The predicted molar refractivity (Wildman–Crippen MR) is 106 cm³/mol. The van der Waals surface area contributed by atoms with Crippen molar-refractivity contribution in [3.05, 3.63) is 29.3 Å². The summed E-state index contributed by atoms with van der Waals surface area (Å²) in [7, 11) is 0. The van der Waals surface area contributed by atoms with Gasteiger partial charge in [-0.1, -0.05) is 18.2 Å². The first-order valence-electron chi connectivity index (χ1n) is 9.58. The number of benzene rings is 1. The fraction of sp³-hybridized carbons (Fsp3) is 0.500. The molecule has 2 rings (SSSR count). The van der Waals surface area contributed by atoms with E-state index in [0.717, 1.165) is 11.1 Å². The molecule has 0 aromatic heterocycles. The molecule has 1 heterocycles. The van der Waals surface area contributed by atoms with E-state index in [1.165, 1.54) is 6.92 Å². The predicted octanol–water partition coefficient (Wildman–Crippen LogP) is 0.301. The van der Waals surface area contributed by atoms with Crippen molar-refractivity contribution in [3.8, 4) is 5.75 Å². The first-order valence-corrected chi connectivity index (χ1v) is 9.58. The number of nitrogens with one attached hydrogen (secondary N) is 2. The summed E-state index contributed by atoms with van der Waals surface area (Å²) in [4.78, 5) is 50.5. The average Bonchev–Trinajstić information content (AvgIpc) is 2.70. The largest absolute Gasteiger partial charge is 0.483 e. The monoisotopic (exact) mass is 404 g/mol. The number of hydrogen-bond acceptors (Lipinski definition) is 5. The molecule has 0 saturated carbocycles. The number of hydrazine groups is 1. The van der Waals surface area contributed by atoms with Crippen LogP contribution in [0.3, 0.4) is 0 Å². The van der Waals surface area contributed by atoms with Gasteiger partial charge in [-0.15, -0.1) is 0 Å². The summed E-state index contributed by atoms with van der Waals surface area (Å²) in [5.41, 5.74) is 6.41. The summed E-state index contributed by atoms with van der Waals surface area (Å²) in [5.74, 6) is -0.458. The van der Waals surface area contributed by atoms with E-state index in [1.54, 1.807) is 9.80 Å². The first-order chi connectivity index (χ1) is 13.8. The van der Waals surface area contributed by atoms with E-state index >= 15 is 0 Å². The molecule has 1 saturated heterocycles. The lowest BCUT2D eigenvalue weighted by Gasteiger charge is -2.34. The lowest BCUT2D eigenvalue weighted by atomic mass is 10.1. The van der Waals surface area contributed by atoms with E-state index in [1.807, 2.05) is 32.0 Å². The Hall–Kier alpha value is -3.10. The Labute approximate surface area is 170 Å². The molecule has 0 unspecified atom stereocenters. The maximum Gasteiger partial charge on any atom is 0.276 e. The number of para-hydroxylation sites is 1. The zero-order valence-corrected chi connectivity index (χ0v) is 17.1. The number of ether oxygens (including phenoxy) is 1. The maximum atomic E-state index is 12.2. The van der Waals surface area contributed by atoms with E-state index in [2.05, 4.69) is 10.9 Å². The molecular formula is C20H28N4O5. The molecule has 0 radical (unpaired) electrons. The Morgan fingerprint density at radius 1 is 0.897 bits per heavy atom. The van der Waals surface area contributed by atoms with E-state index < -0.39 is 11.8 Å². The maximum absolute atomic E-state index is 12.2. The summed E-state index contributed by atoms with van der Waals surface area (Å²) in [6.07, 6.45) is 0.00444. The van der Waals surface area contributed by atoms with Crippen molar-refractivity contribution >= 4 is 23.6 Å². The highest BCUT2D eigenvalue weighted by Crippen LogP contribution is 2.21. The molecule has 1 aromatic carbocycles. The standard InChI is InChI=1S/C20H28N4O5/c1-14-5-4-6-15(2)20(14)29-13-18(27)22-21-17(26)7-8-19(28)24-11-9-23(10-12-24)16(3)25/h4-6H,7-13H2,1-3H3,(H,21,26)(H,22,27). The fourth-order valence-electron chi connectivity index (χ4n) is 3.05. The summed E-state index contributed by atoms with van der Waals surface area (Å²) in [6, 6.07) is 5.68. The van der Waals surface area contributed by atoms with Crippen LogP contribution < -0.4 is 15.6 Å². The third-order valence-electron chi connectivity index (χ3n) is 4.74. The molecule has 0 aliphatic carbocycles. The zero-order valence-electron chi connectivity index (χ0n) is 17.1. The van der Waals surface area contributed by atoms with Gasteiger partial charge in [0.2, 0.25) is 17.7 Å². The quantitative estimate of drug-likeness (QED) is 0.663. The highest BCUT2D eigenvalue weighted by Gasteiger charge is 2.22. The molecule has 29 heavy (non-hydrogen) atoms. The van der Waals surface area contributed by atoms with Crippen LogP contribution in [0.15, 0.2) is 18.2 Å². The van der Waals surface area contributed by atoms with Gasteiger partial charge in [-0.05, 0) is 25.0 Å². The second kappa shape index (κ2) is 10.4. The first kappa shape index (κ1) is 22.2. The summed E-state index contributed by atoms with van der Waals surface area (Å²) in [6.45, 7) is 6.99. The molecule has 1 aromatic rings. The van der Waals surface area contributed by atoms with Gasteiger partial charge < -0.3 is 14.5 Å². The van der Waals surface area contributed by atoms with Crippen molar-refractivity contribution in [2.45, 2.75) is 33.6 Å². The number of amides is 4. The number of rotatable bonds is 6. The number of aryl methyl sites for hydroxylation is 2. The van der Waals surface area contributed by atoms with Crippen molar-refractivity contribution < 1.29 is 23.9 Å². The van der Waals surface area contributed by atoms with Crippen LogP contribution in [0.5, 0.6) is 5.75 Å². The lowest BCUT2D eigenvalue weighted by Crippen LogP contribution is -2.50. The fourth-order valence-corrected chi connectivity index (χ4v) is 3.05. The molecule has 158 valence electrons. The van der Waals surface area contributed by atoms with E-state index in [0.29, 0.717) is 31.9 Å². The van der Waals surface area contributed by atoms with E-state index in [4.69, 9.17) is 4.74 Å². The molecule has 1 aliphatic rings. The SMILES string of the molecule is CC(=O)N1CCN(C(=O)CCC(=O)NNC(=O)COc2c(C)cccc2C)CC1. The number of nitrogens with zero attached hydrogens (tertiary/aromatic N) is 2. The van der Waals surface area contributed by atoms with Crippen LogP contribution in [0.4, 0.5) is 0 Å². The normalized spacial score (nSPS) is 13.6. The van der Waals surface area contributed by atoms with Gasteiger partial charge in [0.15, 0.2) is 6.61 Å². The molecule has 0 atom stereocenters. The van der Waals surface area contributed by atoms with Gasteiger partial charge in [0.1, 0.15) is 5.75 Å². The van der Waals surface area contributed by atoms with Crippen LogP contribution >= 0.6 is 0 Å². The van der Waals surface area contributed by atoms with Crippen molar-refractivity contribution in [3.63, 3.8) is 0 Å². The van der Waals surface area contributed by atoms with Crippen molar-refractivity contribution in [2.24, 2.45) is 0 Å². The van der Waals surface area contributed by atoms with Gasteiger partial charge in [-0.2, -0.15) is 0 Å². The smallest absolute Gasteiger partial charge is 0.276 e. The van der Waals surface area contributed by atoms with Gasteiger partial charge in [-0.3, -0.25) is 30.0 Å². The third-order valence-corrected chi connectivity index (χ3v) is 4.74. The number of carbonyl (C=O) groups excluding carboxylic acids is 4. The minimum absolute atomic E-state index is 0.00576. The van der Waals surface area contributed by atoms with Gasteiger partial charge in [-0.25, -0.2) is 0 Å². The van der Waals surface area contributed by atoms with Crippen LogP contribution in [0.25, 0.3) is 0 Å². The Balaban J connectivity index is 1.64. The Morgan fingerprint density at radius 2 is 1.45 bits per heavy atom. The molecule has 0 spiro atoms. The van der Waals surface area contributed by atoms with Crippen molar-refractivity contribution in [2.75, 3.05) is 32.8 Å².